The highest BCUT2D eigenvalue weighted by Crippen LogP contribution is 2.30. The van der Waals surface area contributed by atoms with Crippen LogP contribution in [0.5, 0.6) is 0 Å². The summed E-state index contributed by atoms with van der Waals surface area (Å²) < 4.78 is 4.43. The Morgan fingerprint density at radius 3 is 2.53 bits per heavy atom. The second-order valence-electron chi connectivity index (χ2n) is 4.10. The van der Waals surface area contributed by atoms with E-state index in [9.17, 15) is 9.59 Å². The van der Waals surface area contributed by atoms with Crippen molar-refractivity contribution in [3.05, 3.63) is 47.5 Å². The zero-order valence-corrected chi connectivity index (χ0v) is 10.1. The molecule has 19 heavy (non-hydrogen) atoms. The van der Waals surface area contributed by atoms with E-state index in [-0.39, 0.29) is 11.5 Å². The third kappa shape index (κ3) is 1.67. The van der Waals surface area contributed by atoms with Crippen LogP contribution < -0.4 is 5.43 Å². The van der Waals surface area contributed by atoms with Crippen LogP contribution in [0, 0.1) is 0 Å². The Labute approximate surface area is 108 Å². The molecule has 3 rings (SSSR count). The molecule has 0 bridgehead atoms. The van der Waals surface area contributed by atoms with Crippen molar-refractivity contribution < 1.29 is 14.3 Å². The van der Waals surface area contributed by atoms with Crippen molar-refractivity contribution in [1.29, 1.82) is 0 Å². The van der Waals surface area contributed by atoms with Gasteiger partial charge in [0.1, 0.15) is 5.71 Å². The number of hydrogen-bond donors (Lipinski definition) is 1. The van der Waals surface area contributed by atoms with E-state index >= 15 is 0 Å². The molecule has 0 saturated heterocycles. The number of ether oxygens (including phenoxy) is 1. The molecule has 1 aliphatic carbocycles. The molecule has 0 unspecified atom stereocenters. The number of nitrogens with zero attached hydrogens (tertiary/aromatic N) is 1. The molecule has 0 atom stereocenters. The van der Waals surface area contributed by atoms with Crippen molar-refractivity contribution in [1.82, 2.24) is 5.43 Å². The smallest absolute Gasteiger partial charge is 0.427 e. The SMILES string of the molecule is COC(=O)NN=C1C(=O)c2cccc3cccc1c23. The first-order valence-electron chi connectivity index (χ1n) is 5.71. The van der Waals surface area contributed by atoms with Gasteiger partial charge in [-0.15, -0.1) is 0 Å². The third-order valence-corrected chi connectivity index (χ3v) is 3.06. The summed E-state index contributed by atoms with van der Waals surface area (Å²) in [6.07, 6.45) is -0.705. The lowest BCUT2D eigenvalue weighted by atomic mass is 10.1. The van der Waals surface area contributed by atoms with Gasteiger partial charge in [-0.1, -0.05) is 36.4 Å². The molecule has 5 nitrogen and oxygen atoms in total. The molecule has 0 aromatic heterocycles. The minimum absolute atomic E-state index is 0.191. The largest absolute Gasteiger partial charge is 0.452 e. The number of hydrogen-bond acceptors (Lipinski definition) is 4. The third-order valence-electron chi connectivity index (χ3n) is 3.06. The molecule has 0 heterocycles. The van der Waals surface area contributed by atoms with Crippen LogP contribution in [0.1, 0.15) is 15.9 Å². The molecule has 2 aromatic rings. The molecule has 1 amide bonds. The highest BCUT2D eigenvalue weighted by molar-refractivity contribution is 6.59. The number of hydrazone groups is 1. The average molecular weight is 254 g/mol. The minimum atomic E-state index is -0.705. The summed E-state index contributed by atoms with van der Waals surface area (Å²) in [7, 11) is 1.24. The van der Waals surface area contributed by atoms with Crippen LogP contribution in [0.4, 0.5) is 4.79 Å². The summed E-state index contributed by atoms with van der Waals surface area (Å²) in [5, 5.41) is 5.71. The van der Waals surface area contributed by atoms with E-state index in [0.717, 1.165) is 16.3 Å². The Hall–Kier alpha value is -2.69. The number of methoxy groups -OCH3 is 1. The monoisotopic (exact) mass is 254 g/mol. The number of carbonyl (C=O) groups excluding carboxylic acids is 2. The minimum Gasteiger partial charge on any atom is -0.452 e. The van der Waals surface area contributed by atoms with Crippen molar-refractivity contribution >= 4 is 28.4 Å². The highest BCUT2D eigenvalue weighted by atomic mass is 16.5. The average Bonchev–Trinajstić information content (AvgIpc) is 2.72. The molecular weight excluding hydrogens is 244 g/mol. The fourth-order valence-electron chi connectivity index (χ4n) is 2.24. The Bertz CT molecular complexity index is 729. The maximum Gasteiger partial charge on any atom is 0.427 e. The van der Waals surface area contributed by atoms with Crippen LogP contribution in [0.2, 0.25) is 0 Å². The van der Waals surface area contributed by atoms with Crippen molar-refractivity contribution in [2.45, 2.75) is 0 Å². The summed E-state index contributed by atoms with van der Waals surface area (Å²) >= 11 is 0. The second-order valence-corrected chi connectivity index (χ2v) is 4.10. The normalized spacial score (nSPS) is 15.0. The van der Waals surface area contributed by atoms with Crippen LogP contribution in [0.15, 0.2) is 41.5 Å². The summed E-state index contributed by atoms with van der Waals surface area (Å²) in [5.74, 6) is -0.191. The van der Waals surface area contributed by atoms with E-state index in [1.165, 1.54) is 7.11 Å². The number of benzene rings is 2. The molecule has 0 fully saturated rings. The number of ketones is 1. The zero-order chi connectivity index (χ0) is 13.4. The fraction of sp³-hybridized carbons (Fsp3) is 0.0714. The number of carbonyl (C=O) groups is 2. The number of amides is 1. The predicted molar refractivity (Wildman–Crippen MR) is 70.4 cm³/mol. The first-order chi connectivity index (χ1) is 9.22. The first kappa shape index (κ1) is 11.4. The van der Waals surface area contributed by atoms with Crippen LogP contribution in [-0.4, -0.2) is 24.7 Å². The molecule has 2 aromatic carbocycles. The Morgan fingerprint density at radius 2 is 1.84 bits per heavy atom. The summed E-state index contributed by atoms with van der Waals surface area (Å²) in [6.45, 7) is 0. The maximum atomic E-state index is 12.3. The van der Waals surface area contributed by atoms with Crippen LogP contribution in [0.3, 0.4) is 0 Å². The lowest BCUT2D eigenvalue weighted by Crippen LogP contribution is -2.21. The molecule has 1 N–H and O–H groups in total. The van der Waals surface area contributed by atoms with Crippen LogP contribution >= 0.6 is 0 Å². The number of nitrogens with one attached hydrogen (secondary N) is 1. The van der Waals surface area contributed by atoms with Crippen LogP contribution in [-0.2, 0) is 4.74 Å². The summed E-state index contributed by atoms with van der Waals surface area (Å²) in [4.78, 5) is 23.3. The highest BCUT2D eigenvalue weighted by Gasteiger charge is 2.28. The predicted octanol–water partition coefficient (Wildman–Crippen LogP) is 2.10. The van der Waals surface area contributed by atoms with Gasteiger partial charge in [-0.3, -0.25) is 4.79 Å². The molecule has 5 heteroatoms. The van der Waals surface area contributed by atoms with Crippen molar-refractivity contribution in [2.24, 2.45) is 5.10 Å². The lowest BCUT2D eigenvalue weighted by molar-refractivity contribution is 0.106. The van der Waals surface area contributed by atoms with Crippen LogP contribution in [0.25, 0.3) is 10.8 Å². The quantitative estimate of drug-likeness (QED) is 0.792. The van der Waals surface area contributed by atoms with Gasteiger partial charge in [-0.05, 0) is 5.39 Å². The van der Waals surface area contributed by atoms with E-state index in [1.807, 2.05) is 30.3 Å². The molecule has 1 aliphatic rings. The van der Waals surface area contributed by atoms with Gasteiger partial charge in [0.15, 0.2) is 0 Å². The molecule has 94 valence electrons. The second kappa shape index (κ2) is 4.20. The van der Waals surface area contributed by atoms with E-state index in [2.05, 4.69) is 15.3 Å². The number of Topliss-reactive ketones (excluding diaryl/α,β-unsaturated/α-hetero) is 1. The van der Waals surface area contributed by atoms with Gasteiger partial charge < -0.3 is 4.74 Å². The summed E-state index contributed by atoms with van der Waals surface area (Å²) in [6, 6.07) is 11.1. The first-order valence-corrected chi connectivity index (χ1v) is 5.71. The Kier molecular flexibility index (Phi) is 2.52. The topological polar surface area (TPSA) is 67.8 Å². The number of rotatable bonds is 1. The van der Waals surface area contributed by atoms with Gasteiger partial charge in [-0.2, -0.15) is 5.10 Å². The molecule has 0 radical (unpaired) electrons. The van der Waals surface area contributed by atoms with Gasteiger partial charge in [0.25, 0.3) is 0 Å². The van der Waals surface area contributed by atoms with Crippen molar-refractivity contribution in [3.8, 4) is 0 Å². The summed E-state index contributed by atoms with van der Waals surface area (Å²) in [5.41, 5.74) is 3.76. The van der Waals surface area contributed by atoms with E-state index in [4.69, 9.17) is 0 Å². The van der Waals surface area contributed by atoms with Crippen molar-refractivity contribution in [2.75, 3.05) is 7.11 Å². The van der Waals surface area contributed by atoms with Gasteiger partial charge in [0.05, 0.1) is 7.11 Å². The zero-order valence-electron chi connectivity index (χ0n) is 10.1. The molecular formula is C14H10N2O3. The van der Waals surface area contributed by atoms with Gasteiger partial charge >= 0.3 is 6.09 Å². The molecule has 0 saturated carbocycles. The van der Waals surface area contributed by atoms with E-state index < -0.39 is 6.09 Å². The van der Waals surface area contributed by atoms with Crippen molar-refractivity contribution in [3.63, 3.8) is 0 Å². The fourth-order valence-corrected chi connectivity index (χ4v) is 2.24. The van der Waals surface area contributed by atoms with Gasteiger partial charge in [0.2, 0.25) is 5.78 Å². The Balaban J connectivity index is 2.15. The molecule has 0 spiro atoms. The van der Waals surface area contributed by atoms with E-state index in [0.29, 0.717) is 5.56 Å². The molecule has 0 aliphatic heterocycles. The van der Waals surface area contributed by atoms with Gasteiger partial charge in [0, 0.05) is 16.5 Å². The maximum absolute atomic E-state index is 12.3. The standard InChI is InChI=1S/C14H10N2O3/c1-19-14(18)16-15-12-9-6-2-4-8-5-3-7-10(11(8)9)13(12)17/h2-7H,1H3,(H,16,18). The van der Waals surface area contributed by atoms with Gasteiger partial charge in [-0.25, -0.2) is 10.2 Å². The Morgan fingerprint density at radius 1 is 1.16 bits per heavy atom. The lowest BCUT2D eigenvalue weighted by Gasteiger charge is -2.00. The van der Waals surface area contributed by atoms with E-state index in [1.54, 1.807) is 6.07 Å².